The highest BCUT2D eigenvalue weighted by Gasteiger charge is 2.43. The lowest BCUT2D eigenvalue weighted by Gasteiger charge is -2.53. The van der Waals surface area contributed by atoms with Crippen LogP contribution in [0.25, 0.3) is 0 Å². The molecule has 8 nitrogen and oxygen atoms in total. The second-order valence-corrected chi connectivity index (χ2v) is 10.5. The lowest BCUT2D eigenvalue weighted by molar-refractivity contribution is -0.00778. The summed E-state index contributed by atoms with van der Waals surface area (Å²) in [5.74, 6) is 0.717. The second-order valence-electron chi connectivity index (χ2n) is 10.1. The number of piperidine rings is 1. The predicted octanol–water partition coefficient (Wildman–Crippen LogP) is 4.31. The van der Waals surface area contributed by atoms with Crippen molar-refractivity contribution < 1.29 is 9.13 Å². The van der Waals surface area contributed by atoms with Crippen molar-refractivity contribution in [2.45, 2.75) is 57.7 Å². The van der Waals surface area contributed by atoms with Crippen molar-refractivity contribution >= 4 is 34.9 Å². The molecule has 2 aliphatic heterocycles. The zero-order chi connectivity index (χ0) is 23.8. The van der Waals surface area contributed by atoms with Gasteiger partial charge >= 0.3 is 0 Å². The number of hydrogen-bond acceptors (Lipinski definition) is 8. The van der Waals surface area contributed by atoms with Gasteiger partial charge in [-0.1, -0.05) is 11.6 Å². The minimum absolute atomic E-state index is 0.0192. The average molecular weight is 478 g/mol. The molecule has 0 spiro atoms. The number of hydrogen-bond donors (Lipinski definition) is 2. The molecule has 4 rings (SSSR count). The summed E-state index contributed by atoms with van der Waals surface area (Å²) in [7, 11) is 2.15. The Labute approximate surface area is 199 Å². The summed E-state index contributed by atoms with van der Waals surface area (Å²) in [5.41, 5.74) is 0.597. The van der Waals surface area contributed by atoms with Crippen LogP contribution in [-0.2, 0) is 4.74 Å². The summed E-state index contributed by atoms with van der Waals surface area (Å²) >= 11 is 6.48. The van der Waals surface area contributed by atoms with Gasteiger partial charge in [0.2, 0.25) is 5.95 Å². The number of nitrogens with one attached hydrogen (secondary N) is 2. The van der Waals surface area contributed by atoms with Crippen molar-refractivity contribution in [1.29, 1.82) is 0 Å². The molecular formula is C23H33ClFN7O. The first kappa shape index (κ1) is 23.9. The fourth-order valence-corrected chi connectivity index (χ4v) is 5.12. The fourth-order valence-electron chi connectivity index (χ4n) is 4.83. The van der Waals surface area contributed by atoms with E-state index >= 15 is 0 Å². The standard InChI is InChI=1S/C23H33ClFN7O/c1-22(2)11-16(12-23(3,4)31(22)5)28-19-18(25)14-27-21(30-19)29-15-10-17(24)20(26-13-15)32-6-8-33-9-7-32/h10,13-14,16H,6-9,11-12H2,1-5H3,(H2,27,28,29,30). The first-order valence-electron chi connectivity index (χ1n) is 11.3. The third-order valence-corrected chi connectivity index (χ3v) is 7.06. The number of likely N-dealkylation sites (tertiary alicyclic amines) is 1. The maximum absolute atomic E-state index is 14.6. The molecule has 2 aliphatic rings. The molecule has 2 aromatic rings. The highest BCUT2D eigenvalue weighted by atomic mass is 35.5. The summed E-state index contributed by atoms with van der Waals surface area (Å²) in [6.07, 6.45) is 4.61. The van der Waals surface area contributed by atoms with Gasteiger partial charge in [0, 0.05) is 30.2 Å². The van der Waals surface area contributed by atoms with Gasteiger partial charge < -0.3 is 20.3 Å². The predicted molar refractivity (Wildman–Crippen MR) is 130 cm³/mol. The largest absolute Gasteiger partial charge is 0.378 e. The van der Waals surface area contributed by atoms with E-state index in [-0.39, 0.29) is 28.9 Å². The first-order chi connectivity index (χ1) is 15.5. The van der Waals surface area contributed by atoms with Crippen LogP contribution in [0.2, 0.25) is 5.02 Å². The molecule has 33 heavy (non-hydrogen) atoms. The summed E-state index contributed by atoms with van der Waals surface area (Å²) in [4.78, 5) is 17.5. The number of ether oxygens (including phenoxy) is 1. The van der Waals surface area contributed by atoms with Crippen LogP contribution in [0.3, 0.4) is 0 Å². The van der Waals surface area contributed by atoms with Gasteiger partial charge in [0.1, 0.15) is 5.82 Å². The van der Waals surface area contributed by atoms with Crippen LogP contribution in [0.15, 0.2) is 18.5 Å². The van der Waals surface area contributed by atoms with Crippen molar-refractivity contribution in [2.24, 2.45) is 0 Å². The van der Waals surface area contributed by atoms with Crippen molar-refractivity contribution in [3.8, 4) is 0 Å². The smallest absolute Gasteiger partial charge is 0.229 e. The molecular weight excluding hydrogens is 445 g/mol. The minimum atomic E-state index is -0.478. The molecule has 2 aromatic heterocycles. The van der Waals surface area contributed by atoms with E-state index in [0.29, 0.717) is 23.9 Å². The molecule has 0 amide bonds. The fraction of sp³-hybridized carbons (Fsp3) is 0.609. The van der Waals surface area contributed by atoms with Crippen molar-refractivity contribution in [1.82, 2.24) is 19.9 Å². The molecule has 2 N–H and O–H groups in total. The lowest BCUT2D eigenvalue weighted by atomic mass is 9.77. The SMILES string of the molecule is CN1C(C)(C)CC(Nc2nc(Nc3cnc(N4CCOCC4)c(Cl)c3)ncc2F)CC1(C)C. The van der Waals surface area contributed by atoms with Gasteiger partial charge in [-0.05, 0) is 53.7 Å². The van der Waals surface area contributed by atoms with E-state index in [2.05, 4.69) is 70.1 Å². The summed E-state index contributed by atoms with van der Waals surface area (Å²) in [6.45, 7) is 11.7. The molecule has 0 radical (unpaired) electrons. The Bertz CT molecular complexity index is 979. The molecule has 0 saturated carbocycles. The lowest BCUT2D eigenvalue weighted by Crippen LogP contribution is -2.61. The van der Waals surface area contributed by atoms with Crippen LogP contribution >= 0.6 is 11.6 Å². The first-order valence-corrected chi connectivity index (χ1v) is 11.7. The van der Waals surface area contributed by atoms with E-state index in [0.717, 1.165) is 31.7 Å². The molecule has 0 bridgehead atoms. The van der Waals surface area contributed by atoms with E-state index in [1.807, 2.05) is 0 Å². The second kappa shape index (κ2) is 9.19. The van der Waals surface area contributed by atoms with E-state index < -0.39 is 5.82 Å². The molecule has 2 saturated heterocycles. The molecule has 4 heterocycles. The highest BCUT2D eigenvalue weighted by Crippen LogP contribution is 2.38. The topological polar surface area (TPSA) is 78.4 Å². The van der Waals surface area contributed by atoms with Gasteiger partial charge in [-0.2, -0.15) is 4.98 Å². The van der Waals surface area contributed by atoms with Gasteiger partial charge in [0.05, 0.1) is 36.3 Å². The number of aromatic nitrogens is 3. The number of nitrogens with zero attached hydrogens (tertiary/aromatic N) is 5. The van der Waals surface area contributed by atoms with Crippen LogP contribution < -0.4 is 15.5 Å². The Morgan fingerprint density at radius 2 is 1.76 bits per heavy atom. The summed E-state index contributed by atoms with van der Waals surface area (Å²) in [6, 6.07) is 1.87. The third-order valence-electron chi connectivity index (χ3n) is 6.78. The monoisotopic (exact) mass is 477 g/mol. The normalized spacial score (nSPS) is 21.1. The molecule has 0 aliphatic carbocycles. The van der Waals surface area contributed by atoms with E-state index in [1.165, 1.54) is 6.20 Å². The molecule has 180 valence electrons. The Morgan fingerprint density at radius 3 is 2.39 bits per heavy atom. The number of rotatable bonds is 5. The molecule has 10 heteroatoms. The molecule has 0 atom stereocenters. The van der Waals surface area contributed by atoms with E-state index in [9.17, 15) is 4.39 Å². The molecule has 0 unspecified atom stereocenters. The minimum Gasteiger partial charge on any atom is -0.378 e. The van der Waals surface area contributed by atoms with Crippen LogP contribution in [0.5, 0.6) is 0 Å². The maximum Gasteiger partial charge on any atom is 0.229 e. The number of halogens is 2. The van der Waals surface area contributed by atoms with Crippen molar-refractivity contribution in [3.05, 3.63) is 29.3 Å². The number of anilines is 4. The van der Waals surface area contributed by atoms with Gasteiger partial charge in [0.25, 0.3) is 0 Å². The Morgan fingerprint density at radius 1 is 1.09 bits per heavy atom. The number of pyridine rings is 1. The van der Waals surface area contributed by atoms with Crippen LogP contribution in [0.4, 0.5) is 27.7 Å². The maximum atomic E-state index is 14.6. The van der Waals surface area contributed by atoms with Crippen molar-refractivity contribution in [2.75, 3.05) is 48.9 Å². The van der Waals surface area contributed by atoms with Crippen LogP contribution in [0, 0.1) is 5.82 Å². The summed E-state index contributed by atoms with van der Waals surface area (Å²) in [5, 5.41) is 6.94. The number of morpholine rings is 1. The highest BCUT2D eigenvalue weighted by molar-refractivity contribution is 6.33. The van der Waals surface area contributed by atoms with E-state index in [4.69, 9.17) is 16.3 Å². The van der Waals surface area contributed by atoms with Crippen LogP contribution in [-0.4, -0.2) is 70.3 Å². The Balaban J connectivity index is 1.48. The zero-order valence-corrected chi connectivity index (χ0v) is 20.7. The van der Waals surface area contributed by atoms with Gasteiger partial charge in [-0.15, -0.1) is 0 Å². The average Bonchev–Trinajstić information content (AvgIpc) is 2.75. The Kier molecular flexibility index (Phi) is 6.66. The zero-order valence-electron chi connectivity index (χ0n) is 20.0. The third kappa shape index (κ3) is 5.31. The van der Waals surface area contributed by atoms with Gasteiger partial charge in [-0.3, -0.25) is 4.90 Å². The molecule has 2 fully saturated rings. The molecule has 0 aromatic carbocycles. The van der Waals surface area contributed by atoms with E-state index in [1.54, 1.807) is 12.3 Å². The quantitative estimate of drug-likeness (QED) is 0.659. The van der Waals surface area contributed by atoms with Gasteiger partial charge in [-0.25, -0.2) is 14.4 Å². The van der Waals surface area contributed by atoms with Crippen LogP contribution in [0.1, 0.15) is 40.5 Å². The van der Waals surface area contributed by atoms with Crippen molar-refractivity contribution in [3.63, 3.8) is 0 Å². The summed E-state index contributed by atoms with van der Waals surface area (Å²) < 4.78 is 20.0. The van der Waals surface area contributed by atoms with Gasteiger partial charge in [0.15, 0.2) is 11.6 Å². The Hall–Kier alpha value is -2.23.